The van der Waals surface area contributed by atoms with E-state index >= 15 is 0 Å². The van der Waals surface area contributed by atoms with Crippen LogP contribution in [0.2, 0.25) is 0 Å². The van der Waals surface area contributed by atoms with Crippen molar-refractivity contribution < 1.29 is 9.53 Å². The number of esters is 1. The highest BCUT2D eigenvalue weighted by Gasteiger charge is 2.35. The van der Waals surface area contributed by atoms with Gasteiger partial charge < -0.3 is 10.1 Å². The van der Waals surface area contributed by atoms with Gasteiger partial charge in [-0.2, -0.15) is 12.6 Å². The summed E-state index contributed by atoms with van der Waals surface area (Å²) in [5.41, 5.74) is -0.274. The molecule has 20 heavy (non-hydrogen) atoms. The van der Waals surface area contributed by atoms with Crippen molar-refractivity contribution in [2.24, 2.45) is 5.41 Å². The first-order valence-electron chi connectivity index (χ1n) is 7.90. The van der Waals surface area contributed by atoms with E-state index in [1.165, 1.54) is 19.3 Å². The third-order valence-electron chi connectivity index (χ3n) is 3.87. The third-order valence-corrected chi connectivity index (χ3v) is 4.18. The summed E-state index contributed by atoms with van der Waals surface area (Å²) < 4.78 is 5.51. The van der Waals surface area contributed by atoms with E-state index in [1.807, 2.05) is 20.8 Å². The first-order chi connectivity index (χ1) is 9.37. The molecule has 1 fully saturated rings. The van der Waals surface area contributed by atoms with Crippen LogP contribution in [0.15, 0.2) is 0 Å². The van der Waals surface area contributed by atoms with Crippen molar-refractivity contribution in [3.8, 4) is 0 Å². The van der Waals surface area contributed by atoms with Gasteiger partial charge in [0.2, 0.25) is 0 Å². The van der Waals surface area contributed by atoms with Gasteiger partial charge in [0.15, 0.2) is 0 Å². The number of thiol groups is 1. The summed E-state index contributed by atoms with van der Waals surface area (Å²) in [5, 5.41) is 3.51. The van der Waals surface area contributed by atoms with Crippen LogP contribution in [-0.4, -0.2) is 30.4 Å². The molecule has 3 nitrogen and oxygen atoms in total. The van der Waals surface area contributed by atoms with Crippen molar-refractivity contribution in [1.82, 2.24) is 5.32 Å². The van der Waals surface area contributed by atoms with Gasteiger partial charge in [-0.3, -0.25) is 4.79 Å². The molecule has 4 heteroatoms. The van der Waals surface area contributed by atoms with Gasteiger partial charge in [-0.15, -0.1) is 0 Å². The molecule has 0 spiro atoms. The Morgan fingerprint density at radius 1 is 1.25 bits per heavy atom. The fourth-order valence-corrected chi connectivity index (χ4v) is 3.12. The summed E-state index contributed by atoms with van der Waals surface area (Å²) in [6, 6.07) is 0. The Labute approximate surface area is 129 Å². The number of ether oxygens (including phenoxy) is 1. The fraction of sp³-hybridized carbons (Fsp3) is 0.938. The van der Waals surface area contributed by atoms with Crippen LogP contribution in [0.25, 0.3) is 0 Å². The average Bonchev–Trinajstić information content (AvgIpc) is 2.33. The number of hydrogen-bond acceptors (Lipinski definition) is 4. The topological polar surface area (TPSA) is 38.3 Å². The summed E-state index contributed by atoms with van der Waals surface area (Å²) in [5.74, 6) is 0.863. The van der Waals surface area contributed by atoms with Gasteiger partial charge in [-0.25, -0.2) is 0 Å². The van der Waals surface area contributed by atoms with Crippen LogP contribution in [0.3, 0.4) is 0 Å². The SMILES string of the molecule is CC(C)(C)OC(=O)CC1(CNCCCS)CCCCC1. The van der Waals surface area contributed by atoms with Crippen LogP contribution in [0.5, 0.6) is 0 Å². The lowest BCUT2D eigenvalue weighted by Gasteiger charge is -2.37. The Kier molecular flexibility index (Phi) is 7.38. The van der Waals surface area contributed by atoms with Gasteiger partial charge >= 0.3 is 5.97 Å². The van der Waals surface area contributed by atoms with Gasteiger partial charge in [-0.05, 0) is 57.7 Å². The molecule has 0 saturated heterocycles. The highest BCUT2D eigenvalue weighted by molar-refractivity contribution is 7.80. The molecule has 1 aliphatic rings. The van der Waals surface area contributed by atoms with Crippen molar-refractivity contribution in [1.29, 1.82) is 0 Å². The Morgan fingerprint density at radius 2 is 1.90 bits per heavy atom. The van der Waals surface area contributed by atoms with Crippen molar-refractivity contribution in [2.75, 3.05) is 18.8 Å². The monoisotopic (exact) mass is 301 g/mol. The Bertz CT molecular complexity index is 293. The summed E-state index contributed by atoms with van der Waals surface area (Å²) >= 11 is 4.23. The van der Waals surface area contributed by atoms with E-state index in [-0.39, 0.29) is 17.0 Å². The predicted molar refractivity (Wildman–Crippen MR) is 87.3 cm³/mol. The van der Waals surface area contributed by atoms with Crippen molar-refractivity contribution in [3.63, 3.8) is 0 Å². The highest BCUT2D eigenvalue weighted by Crippen LogP contribution is 2.39. The minimum Gasteiger partial charge on any atom is -0.460 e. The number of carbonyl (C=O) groups excluding carboxylic acids is 1. The smallest absolute Gasteiger partial charge is 0.306 e. The molecule has 1 rings (SSSR count). The summed E-state index contributed by atoms with van der Waals surface area (Å²) in [7, 11) is 0. The molecule has 118 valence electrons. The van der Waals surface area contributed by atoms with E-state index in [0.29, 0.717) is 6.42 Å². The molecule has 0 bridgehead atoms. The van der Waals surface area contributed by atoms with E-state index in [4.69, 9.17) is 4.74 Å². The van der Waals surface area contributed by atoms with E-state index in [2.05, 4.69) is 17.9 Å². The quantitative estimate of drug-likeness (QED) is 0.429. The Hall–Kier alpha value is -0.220. The highest BCUT2D eigenvalue weighted by atomic mass is 32.1. The molecule has 1 N–H and O–H groups in total. The number of hydrogen-bond donors (Lipinski definition) is 2. The maximum Gasteiger partial charge on any atom is 0.306 e. The molecule has 0 unspecified atom stereocenters. The van der Waals surface area contributed by atoms with Gasteiger partial charge in [0, 0.05) is 6.54 Å². The van der Waals surface area contributed by atoms with Gasteiger partial charge in [0.1, 0.15) is 5.60 Å². The Balaban J connectivity index is 2.52. The molecular formula is C16H31NO2S. The van der Waals surface area contributed by atoms with E-state index in [9.17, 15) is 4.79 Å². The maximum atomic E-state index is 12.2. The number of carbonyl (C=O) groups is 1. The lowest BCUT2D eigenvalue weighted by molar-refractivity contribution is -0.158. The van der Waals surface area contributed by atoms with Crippen LogP contribution in [0.1, 0.15) is 65.7 Å². The number of rotatable bonds is 7. The molecule has 0 aromatic heterocycles. The second-order valence-corrected chi connectivity index (χ2v) is 7.53. The molecule has 1 saturated carbocycles. The van der Waals surface area contributed by atoms with Crippen LogP contribution in [0, 0.1) is 5.41 Å². The normalized spacial score (nSPS) is 18.8. The molecule has 1 aliphatic carbocycles. The van der Waals surface area contributed by atoms with E-state index in [1.54, 1.807) is 0 Å². The van der Waals surface area contributed by atoms with Gasteiger partial charge in [0.25, 0.3) is 0 Å². The molecule has 0 aromatic carbocycles. The third kappa shape index (κ3) is 6.98. The summed E-state index contributed by atoms with van der Waals surface area (Å²) in [6.45, 7) is 7.72. The van der Waals surface area contributed by atoms with E-state index in [0.717, 1.165) is 38.1 Å². The summed E-state index contributed by atoms with van der Waals surface area (Å²) in [4.78, 5) is 12.2. The zero-order chi connectivity index (χ0) is 15.1. The van der Waals surface area contributed by atoms with E-state index < -0.39 is 0 Å². The predicted octanol–water partition coefficient (Wildman–Crippen LogP) is 3.58. The molecule has 0 aromatic rings. The second-order valence-electron chi connectivity index (χ2n) is 7.08. The van der Waals surface area contributed by atoms with Crippen molar-refractivity contribution in [2.45, 2.75) is 71.3 Å². The zero-order valence-electron chi connectivity index (χ0n) is 13.3. The minimum absolute atomic E-state index is 0.0459. The second kappa shape index (κ2) is 8.28. The first-order valence-corrected chi connectivity index (χ1v) is 8.54. The lowest BCUT2D eigenvalue weighted by atomic mass is 9.71. The van der Waals surface area contributed by atoms with Gasteiger partial charge in [0.05, 0.1) is 6.42 Å². The van der Waals surface area contributed by atoms with Gasteiger partial charge in [-0.1, -0.05) is 19.3 Å². The van der Waals surface area contributed by atoms with Crippen LogP contribution in [0.4, 0.5) is 0 Å². The van der Waals surface area contributed by atoms with Crippen LogP contribution >= 0.6 is 12.6 Å². The largest absolute Gasteiger partial charge is 0.460 e. The Morgan fingerprint density at radius 3 is 2.45 bits per heavy atom. The molecule has 0 aliphatic heterocycles. The molecular weight excluding hydrogens is 270 g/mol. The van der Waals surface area contributed by atoms with Crippen LogP contribution in [-0.2, 0) is 9.53 Å². The molecule has 0 atom stereocenters. The first kappa shape index (κ1) is 17.8. The maximum absolute atomic E-state index is 12.2. The number of nitrogens with one attached hydrogen (secondary N) is 1. The van der Waals surface area contributed by atoms with Crippen molar-refractivity contribution in [3.05, 3.63) is 0 Å². The average molecular weight is 301 g/mol. The summed E-state index contributed by atoms with van der Waals surface area (Å²) in [6.07, 6.45) is 7.67. The standard InChI is InChI=1S/C16H31NO2S/c1-15(2,3)19-14(18)12-16(8-5-4-6-9-16)13-17-10-7-11-20/h17,20H,4-13H2,1-3H3. The lowest BCUT2D eigenvalue weighted by Crippen LogP contribution is -2.39. The fourth-order valence-electron chi connectivity index (χ4n) is 2.96. The van der Waals surface area contributed by atoms with Crippen LogP contribution < -0.4 is 5.32 Å². The molecule has 0 radical (unpaired) electrons. The minimum atomic E-state index is -0.383. The zero-order valence-corrected chi connectivity index (χ0v) is 14.2. The molecule has 0 amide bonds. The van der Waals surface area contributed by atoms with Crippen molar-refractivity contribution >= 4 is 18.6 Å². The molecule has 0 heterocycles.